The Labute approximate surface area is 111 Å². The minimum absolute atomic E-state index is 0.140. The monoisotopic (exact) mass is 255 g/mol. The van der Waals surface area contributed by atoms with Crippen LogP contribution in [0.15, 0.2) is 0 Å². The Kier molecular flexibility index (Phi) is 6.09. The fourth-order valence-corrected chi connectivity index (χ4v) is 2.29. The Bertz CT molecular complexity index is 252. The third-order valence-corrected chi connectivity index (χ3v) is 3.71. The zero-order chi connectivity index (χ0) is 13.6. The van der Waals surface area contributed by atoms with Gasteiger partial charge in [-0.1, -0.05) is 0 Å². The molecule has 0 unspecified atom stereocenters. The standard InChI is InChI=1S/C14H29N3O/c1-14(2,15)8-4-13(18)16-9-5-12-6-10-17(3)11-7-12/h12H,4-11,15H2,1-3H3,(H,16,18). The zero-order valence-electron chi connectivity index (χ0n) is 12.2. The van der Waals surface area contributed by atoms with Crippen molar-refractivity contribution in [3.63, 3.8) is 0 Å². The van der Waals surface area contributed by atoms with Crippen molar-refractivity contribution in [1.82, 2.24) is 10.2 Å². The summed E-state index contributed by atoms with van der Waals surface area (Å²) in [4.78, 5) is 14.0. The van der Waals surface area contributed by atoms with Gasteiger partial charge in [0.15, 0.2) is 0 Å². The van der Waals surface area contributed by atoms with Crippen molar-refractivity contribution in [2.24, 2.45) is 11.7 Å². The van der Waals surface area contributed by atoms with Gasteiger partial charge in [0.25, 0.3) is 0 Å². The Morgan fingerprint density at radius 2 is 2.00 bits per heavy atom. The molecule has 18 heavy (non-hydrogen) atoms. The molecule has 106 valence electrons. The van der Waals surface area contributed by atoms with Gasteiger partial charge in [0, 0.05) is 18.5 Å². The lowest BCUT2D eigenvalue weighted by molar-refractivity contribution is -0.121. The summed E-state index contributed by atoms with van der Waals surface area (Å²) in [5, 5.41) is 3.01. The number of carbonyl (C=O) groups is 1. The predicted molar refractivity (Wildman–Crippen MR) is 75.3 cm³/mol. The first-order chi connectivity index (χ1) is 8.37. The Morgan fingerprint density at radius 3 is 2.56 bits per heavy atom. The third-order valence-electron chi connectivity index (χ3n) is 3.71. The van der Waals surface area contributed by atoms with Crippen LogP contribution < -0.4 is 11.1 Å². The van der Waals surface area contributed by atoms with Crippen molar-refractivity contribution in [2.45, 2.75) is 51.5 Å². The minimum Gasteiger partial charge on any atom is -0.356 e. The van der Waals surface area contributed by atoms with Crippen LogP contribution in [0.4, 0.5) is 0 Å². The van der Waals surface area contributed by atoms with Gasteiger partial charge in [0.2, 0.25) is 5.91 Å². The molecule has 1 saturated heterocycles. The molecule has 1 aliphatic rings. The first-order valence-corrected chi connectivity index (χ1v) is 7.11. The Balaban J connectivity index is 2.05. The highest BCUT2D eigenvalue weighted by atomic mass is 16.1. The molecule has 0 bridgehead atoms. The van der Waals surface area contributed by atoms with Crippen LogP contribution in [-0.2, 0) is 4.79 Å². The summed E-state index contributed by atoms with van der Waals surface area (Å²) in [7, 11) is 2.17. The van der Waals surface area contributed by atoms with Crippen molar-refractivity contribution >= 4 is 5.91 Å². The molecule has 1 heterocycles. The molecule has 1 amide bonds. The second-order valence-electron chi connectivity index (χ2n) is 6.37. The minimum atomic E-state index is -0.245. The van der Waals surface area contributed by atoms with E-state index in [1.54, 1.807) is 0 Å². The number of amides is 1. The molecule has 0 aromatic rings. The third kappa shape index (κ3) is 6.97. The predicted octanol–water partition coefficient (Wildman–Crippen LogP) is 1.35. The lowest BCUT2D eigenvalue weighted by atomic mass is 9.94. The maximum atomic E-state index is 11.6. The zero-order valence-corrected chi connectivity index (χ0v) is 12.2. The van der Waals surface area contributed by atoms with Crippen molar-refractivity contribution in [3.05, 3.63) is 0 Å². The van der Waals surface area contributed by atoms with Crippen LogP contribution in [0.2, 0.25) is 0 Å². The molecular weight excluding hydrogens is 226 g/mol. The van der Waals surface area contributed by atoms with Gasteiger partial charge < -0.3 is 16.0 Å². The number of nitrogens with zero attached hydrogens (tertiary/aromatic N) is 1. The van der Waals surface area contributed by atoms with Crippen LogP contribution >= 0.6 is 0 Å². The molecule has 4 nitrogen and oxygen atoms in total. The van der Waals surface area contributed by atoms with E-state index in [9.17, 15) is 4.79 Å². The van der Waals surface area contributed by atoms with E-state index in [1.165, 1.54) is 25.9 Å². The van der Waals surface area contributed by atoms with Crippen LogP contribution in [-0.4, -0.2) is 43.0 Å². The summed E-state index contributed by atoms with van der Waals surface area (Å²) in [6, 6.07) is 0. The molecule has 0 aromatic carbocycles. The number of rotatable bonds is 6. The van der Waals surface area contributed by atoms with E-state index in [2.05, 4.69) is 17.3 Å². The smallest absolute Gasteiger partial charge is 0.220 e. The summed E-state index contributed by atoms with van der Waals surface area (Å²) >= 11 is 0. The number of hydrogen-bond donors (Lipinski definition) is 2. The van der Waals surface area contributed by atoms with Crippen LogP contribution in [0.5, 0.6) is 0 Å². The van der Waals surface area contributed by atoms with Crippen molar-refractivity contribution in [2.75, 3.05) is 26.7 Å². The van der Waals surface area contributed by atoms with E-state index in [-0.39, 0.29) is 11.4 Å². The average Bonchev–Trinajstić information content (AvgIpc) is 2.28. The molecule has 0 atom stereocenters. The normalized spacial score (nSPS) is 18.9. The van der Waals surface area contributed by atoms with Gasteiger partial charge in [-0.25, -0.2) is 0 Å². The first kappa shape index (κ1) is 15.4. The molecule has 3 N–H and O–H groups in total. The summed E-state index contributed by atoms with van der Waals surface area (Å²) in [6.07, 6.45) is 4.93. The maximum absolute atomic E-state index is 11.6. The molecule has 4 heteroatoms. The van der Waals surface area contributed by atoms with Gasteiger partial charge in [-0.3, -0.25) is 4.79 Å². The molecule has 0 radical (unpaired) electrons. The number of nitrogens with two attached hydrogens (primary N) is 1. The number of piperidine rings is 1. The van der Waals surface area contributed by atoms with Crippen LogP contribution in [0, 0.1) is 5.92 Å². The van der Waals surface area contributed by atoms with Crippen LogP contribution in [0.25, 0.3) is 0 Å². The van der Waals surface area contributed by atoms with Gasteiger partial charge in [0.05, 0.1) is 0 Å². The van der Waals surface area contributed by atoms with Crippen LogP contribution in [0.1, 0.15) is 46.0 Å². The van der Waals surface area contributed by atoms with E-state index in [4.69, 9.17) is 5.73 Å². The summed E-state index contributed by atoms with van der Waals surface area (Å²) in [5.41, 5.74) is 5.61. The Hall–Kier alpha value is -0.610. The first-order valence-electron chi connectivity index (χ1n) is 7.11. The number of likely N-dealkylation sites (tertiary alicyclic amines) is 1. The number of carbonyl (C=O) groups excluding carboxylic acids is 1. The molecule has 1 fully saturated rings. The fourth-order valence-electron chi connectivity index (χ4n) is 2.29. The highest BCUT2D eigenvalue weighted by Gasteiger charge is 2.17. The summed E-state index contributed by atoms with van der Waals surface area (Å²) in [5.74, 6) is 0.925. The Morgan fingerprint density at radius 1 is 1.39 bits per heavy atom. The quantitative estimate of drug-likeness (QED) is 0.753. The van der Waals surface area contributed by atoms with E-state index in [0.29, 0.717) is 6.42 Å². The number of hydrogen-bond acceptors (Lipinski definition) is 3. The highest BCUT2D eigenvalue weighted by Crippen LogP contribution is 2.18. The van der Waals surface area contributed by atoms with Crippen LogP contribution in [0.3, 0.4) is 0 Å². The second kappa shape index (κ2) is 7.10. The molecule has 0 aliphatic carbocycles. The van der Waals surface area contributed by atoms with Gasteiger partial charge in [-0.05, 0) is 65.6 Å². The molecular formula is C14H29N3O. The fraction of sp³-hybridized carbons (Fsp3) is 0.929. The van der Waals surface area contributed by atoms with Gasteiger partial charge >= 0.3 is 0 Å². The van der Waals surface area contributed by atoms with E-state index in [0.717, 1.165) is 25.3 Å². The summed E-state index contributed by atoms with van der Waals surface area (Å²) in [6.45, 7) is 7.12. The summed E-state index contributed by atoms with van der Waals surface area (Å²) < 4.78 is 0. The van der Waals surface area contributed by atoms with Gasteiger partial charge in [-0.2, -0.15) is 0 Å². The highest BCUT2D eigenvalue weighted by molar-refractivity contribution is 5.75. The van der Waals surface area contributed by atoms with E-state index in [1.807, 2.05) is 13.8 Å². The van der Waals surface area contributed by atoms with E-state index < -0.39 is 0 Å². The van der Waals surface area contributed by atoms with Gasteiger partial charge in [0.1, 0.15) is 0 Å². The molecule has 1 aliphatic heterocycles. The maximum Gasteiger partial charge on any atom is 0.220 e. The van der Waals surface area contributed by atoms with Crippen molar-refractivity contribution < 1.29 is 4.79 Å². The topological polar surface area (TPSA) is 58.4 Å². The van der Waals surface area contributed by atoms with Crippen molar-refractivity contribution in [3.8, 4) is 0 Å². The molecule has 1 rings (SSSR count). The largest absolute Gasteiger partial charge is 0.356 e. The van der Waals surface area contributed by atoms with Gasteiger partial charge in [-0.15, -0.1) is 0 Å². The van der Waals surface area contributed by atoms with Crippen molar-refractivity contribution in [1.29, 1.82) is 0 Å². The number of nitrogens with one attached hydrogen (secondary N) is 1. The van der Waals surface area contributed by atoms with E-state index >= 15 is 0 Å². The molecule has 0 saturated carbocycles. The molecule has 0 spiro atoms. The second-order valence-corrected chi connectivity index (χ2v) is 6.37. The lowest BCUT2D eigenvalue weighted by Crippen LogP contribution is -2.35. The lowest BCUT2D eigenvalue weighted by Gasteiger charge is -2.28. The SMILES string of the molecule is CN1CCC(CCNC(=O)CCC(C)(C)N)CC1. The molecule has 0 aromatic heterocycles. The average molecular weight is 255 g/mol.